The molecule has 0 bridgehead atoms. The predicted octanol–water partition coefficient (Wildman–Crippen LogP) is 3.87. The van der Waals surface area contributed by atoms with Crippen LogP contribution in [0.4, 0.5) is 11.4 Å². The van der Waals surface area contributed by atoms with Crippen LogP contribution in [0.25, 0.3) is 0 Å². The second-order valence-corrected chi connectivity index (χ2v) is 7.44. The molecule has 0 fully saturated rings. The van der Waals surface area contributed by atoms with Gasteiger partial charge in [-0.3, -0.25) is 19.7 Å². The highest BCUT2D eigenvalue weighted by molar-refractivity contribution is 9.10. The fourth-order valence-electron chi connectivity index (χ4n) is 2.38. The van der Waals surface area contributed by atoms with Crippen molar-refractivity contribution in [2.24, 2.45) is 5.10 Å². The zero-order valence-electron chi connectivity index (χ0n) is 16.7. The van der Waals surface area contributed by atoms with Crippen LogP contribution in [0.5, 0.6) is 5.75 Å². The van der Waals surface area contributed by atoms with Crippen LogP contribution in [0.2, 0.25) is 0 Å². The van der Waals surface area contributed by atoms with Gasteiger partial charge in [0.1, 0.15) is 5.75 Å². The number of hydrogen-bond donors (Lipinski definition) is 2. The lowest BCUT2D eigenvalue weighted by Gasteiger charge is -2.09. The van der Waals surface area contributed by atoms with Gasteiger partial charge in [-0.1, -0.05) is 12.1 Å². The lowest BCUT2D eigenvalue weighted by molar-refractivity contribution is -0.384. The molecule has 2 rings (SSSR count). The summed E-state index contributed by atoms with van der Waals surface area (Å²) in [4.78, 5) is 34.4. The number of nitrogens with one attached hydrogen (secondary N) is 2. The molecule has 0 spiro atoms. The Morgan fingerprint density at radius 2 is 1.90 bits per heavy atom. The zero-order chi connectivity index (χ0) is 22.3. The van der Waals surface area contributed by atoms with Gasteiger partial charge in [0.15, 0.2) is 6.61 Å². The van der Waals surface area contributed by atoms with Crippen molar-refractivity contribution in [2.45, 2.75) is 27.2 Å². The summed E-state index contributed by atoms with van der Waals surface area (Å²) >= 11 is 3.37. The van der Waals surface area contributed by atoms with Gasteiger partial charge in [-0.25, -0.2) is 5.43 Å². The van der Waals surface area contributed by atoms with E-state index >= 15 is 0 Å². The van der Waals surface area contributed by atoms with Gasteiger partial charge < -0.3 is 10.1 Å². The molecule has 9 nitrogen and oxygen atoms in total. The summed E-state index contributed by atoms with van der Waals surface area (Å²) in [5, 5.41) is 17.4. The van der Waals surface area contributed by atoms with Crippen molar-refractivity contribution >= 4 is 44.8 Å². The van der Waals surface area contributed by atoms with E-state index < -0.39 is 16.7 Å². The van der Waals surface area contributed by atoms with Gasteiger partial charge in [0, 0.05) is 17.8 Å². The first-order valence-corrected chi connectivity index (χ1v) is 9.71. The molecule has 10 heteroatoms. The Bertz CT molecular complexity index is 1010. The third kappa shape index (κ3) is 6.96. The first kappa shape index (κ1) is 23.0. The van der Waals surface area contributed by atoms with Crippen LogP contribution in [0, 0.1) is 24.0 Å². The van der Waals surface area contributed by atoms with Gasteiger partial charge in [-0.2, -0.15) is 5.10 Å². The van der Waals surface area contributed by atoms with E-state index in [-0.39, 0.29) is 18.7 Å². The van der Waals surface area contributed by atoms with Crippen LogP contribution in [-0.4, -0.2) is 29.1 Å². The van der Waals surface area contributed by atoms with E-state index in [1.54, 1.807) is 26.0 Å². The number of aryl methyl sites for hydroxylation is 2. The molecule has 0 radical (unpaired) electrons. The molecule has 0 aromatic heterocycles. The van der Waals surface area contributed by atoms with Crippen molar-refractivity contribution in [2.75, 3.05) is 11.9 Å². The average Bonchev–Trinajstić information content (AvgIpc) is 2.67. The van der Waals surface area contributed by atoms with Crippen LogP contribution >= 0.6 is 15.9 Å². The highest BCUT2D eigenvalue weighted by Gasteiger charge is 2.12. The molecule has 0 heterocycles. The number of amides is 2. The van der Waals surface area contributed by atoms with Crippen molar-refractivity contribution in [3.8, 4) is 5.75 Å². The minimum Gasteiger partial charge on any atom is -0.483 e. The number of nitrogens with zero attached hydrogens (tertiary/aromatic N) is 2. The summed E-state index contributed by atoms with van der Waals surface area (Å²) in [5.74, 6) is -0.353. The number of ether oxygens (including phenoxy) is 1. The second-order valence-electron chi connectivity index (χ2n) is 6.59. The first-order valence-electron chi connectivity index (χ1n) is 8.91. The number of nitro groups is 1. The number of anilines is 1. The van der Waals surface area contributed by atoms with Gasteiger partial charge in [0.25, 0.3) is 11.6 Å². The summed E-state index contributed by atoms with van der Waals surface area (Å²) in [7, 11) is 0. The van der Waals surface area contributed by atoms with Crippen molar-refractivity contribution < 1.29 is 19.2 Å². The van der Waals surface area contributed by atoms with Crippen molar-refractivity contribution in [1.29, 1.82) is 0 Å². The molecule has 30 heavy (non-hydrogen) atoms. The highest BCUT2D eigenvalue weighted by Crippen LogP contribution is 2.25. The number of carbonyl (C=O) groups is 2. The Balaban J connectivity index is 1.85. The van der Waals surface area contributed by atoms with Gasteiger partial charge in [0.2, 0.25) is 5.91 Å². The molecule has 2 aromatic rings. The van der Waals surface area contributed by atoms with Crippen LogP contribution in [0.1, 0.15) is 24.5 Å². The summed E-state index contributed by atoms with van der Waals surface area (Å²) in [6.45, 7) is 5.01. The normalized spacial score (nSPS) is 11.0. The van der Waals surface area contributed by atoms with E-state index in [1.807, 2.05) is 19.1 Å². The van der Waals surface area contributed by atoms with E-state index in [2.05, 4.69) is 31.8 Å². The van der Waals surface area contributed by atoms with Crippen molar-refractivity contribution in [3.05, 3.63) is 62.1 Å². The standard InChI is InChI=1S/C20H21BrN4O5/c1-12-4-7-18(16(21)8-12)30-11-20(27)24-23-14(3)9-19(26)22-17-10-15(25(28)29)6-5-13(17)2/h4-8,10H,9,11H2,1-3H3,(H,22,26)(H,24,27)/b23-14+. The molecule has 0 aliphatic carbocycles. The summed E-state index contributed by atoms with van der Waals surface area (Å²) < 4.78 is 6.17. The number of non-ortho nitro benzene ring substituents is 1. The number of carbonyl (C=O) groups excluding carboxylic acids is 2. The van der Waals surface area contributed by atoms with Gasteiger partial charge in [-0.05, 0) is 60.0 Å². The maximum Gasteiger partial charge on any atom is 0.277 e. The molecule has 2 amide bonds. The van der Waals surface area contributed by atoms with Crippen LogP contribution < -0.4 is 15.5 Å². The third-order valence-corrected chi connectivity index (χ3v) is 4.56. The van der Waals surface area contributed by atoms with E-state index in [0.29, 0.717) is 22.7 Å². The molecule has 2 aromatic carbocycles. The molecular weight excluding hydrogens is 456 g/mol. The Morgan fingerprint density at radius 3 is 2.57 bits per heavy atom. The SMILES string of the molecule is C/C(CC(=O)Nc1cc([N+](=O)[O-])ccc1C)=N\NC(=O)COc1ccc(C)cc1Br. The zero-order valence-corrected chi connectivity index (χ0v) is 18.3. The average molecular weight is 477 g/mol. The number of nitro benzene ring substituents is 1. The first-order chi connectivity index (χ1) is 14.2. The van der Waals surface area contributed by atoms with Crippen molar-refractivity contribution in [3.63, 3.8) is 0 Å². The maximum atomic E-state index is 12.2. The van der Waals surface area contributed by atoms with E-state index in [4.69, 9.17) is 4.74 Å². The molecule has 0 atom stereocenters. The lowest BCUT2D eigenvalue weighted by Crippen LogP contribution is -2.26. The molecule has 2 N–H and O–H groups in total. The monoisotopic (exact) mass is 476 g/mol. The smallest absolute Gasteiger partial charge is 0.277 e. The minimum atomic E-state index is -0.533. The highest BCUT2D eigenvalue weighted by atomic mass is 79.9. The molecule has 0 saturated carbocycles. The topological polar surface area (TPSA) is 123 Å². The van der Waals surface area contributed by atoms with Gasteiger partial charge in [-0.15, -0.1) is 0 Å². The molecule has 0 saturated heterocycles. The van der Waals surface area contributed by atoms with Crippen LogP contribution in [0.3, 0.4) is 0 Å². The third-order valence-electron chi connectivity index (χ3n) is 3.94. The molecule has 0 aliphatic rings. The summed E-state index contributed by atoms with van der Waals surface area (Å²) in [6.07, 6.45) is -0.0905. The van der Waals surface area contributed by atoms with Gasteiger partial charge in [0.05, 0.1) is 21.5 Å². The predicted molar refractivity (Wildman–Crippen MR) is 117 cm³/mol. The molecule has 0 unspecified atom stereocenters. The lowest BCUT2D eigenvalue weighted by atomic mass is 10.1. The summed E-state index contributed by atoms with van der Waals surface area (Å²) in [6, 6.07) is 9.70. The van der Waals surface area contributed by atoms with Crippen molar-refractivity contribution in [1.82, 2.24) is 5.43 Å². The number of hydrazone groups is 1. The quantitative estimate of drug-likeness (QED) is 0.340. The number of benzene rings is 2. The Hall–Kier alpha value is -3.27. The Labute approximate surface area is 181 Å². The van der Waals surface area contributed by atoms with E-state index in [9.17, 15) is 19.7 Å². The van der Waals surface area contributed by atoms with E-state index in [0.717, 1.165) is 10.0 Å². The Morgan fingerprint density at radius 1 is 1.17 bits per heavy atom. The largest absolute Gasteiger partial charge is 0.483 e. The number of hydrogen-bond acceptors (Lipinski definition) is 6. The minimum absolute atomic E-state index is 0.0905. The van der Waals surface area contributed by atoms with Crippen LogP contribution in [-0.2, 0) is 9.59 Å². The fourth-order valence-corrected chi connectivity index (χ4v) is 2.99. The van der Waals surface area contributed by atoms with Crippen LogP contribution in [0.15, 0.2) is 46.0 Å². The molecule has 0 aliphatic heterocycles. The fraction of sp³-hybridized carbons (Fsp3) is 0.250. The molecular formula is C20H21BrN4O5. The van der Waals surface area contributed by atoms with Gasteiger partial charge >= 0.3 is 0 Å². The maximum absolute atomic E-state index is 12.2. The second kappa shape index (κ2) is 10.5. The summed E-state index contributed by atoms with van der Waals surface area (Å²) in [5.41, 5.74) is 4.67. The molecule has 158 valence electrons. The van der Waals surface area contributed by atoms with E-state index in [1.165, 1.54) is 12.1 Å². The Kier molecular flexibility index (Phi) is 8.05. The number of halogens is 1. The number of rotatable bonds is 8.